The van der Waals surface area contributed by atoms with Gasteiger partial charge >= 0.3 is 0 Å². The molecule has 29 heavy (non-hydrogen) atoms. The molecule has 2 aromatic rings. The van der Waals surface area contributed by atoms with Crippen LogP contribution in [-0.2, 0) is 9.53 Å². The highest BCUT2D eigenvalue weighted by Crippen LogP contribution is 2.71. The van der Waals surface area contributed by atoms with Crippen LogP contribution in [0.25, 0.3) is 5.57 Å². The van der Waals surface area contributed by atoms with Crippen molar-refractivity contribution in [2.24, 2.45) is 10.8 Å². The van der Waals surface area contributed by atoms with E-state index in [1.165, 1.54) is 11.1 Å². The largest absolute Gasteiger partial charge is 0.511 e. The summed E-state index contributed by atoms with van der Waals surface area (Å²) in [7, 11) is 0. The summed E-state index contributed by atoms with van der Waals surface area (Å²) in [6.07, 6.45) is 0.437. The molecular formula is C26H28O3. The first-order valence-electron chi connectivity index (χ1n) is 10.5. The van der Waals surface area contributed by atoms with Gasteiger partial charge in [-0.3, -0.25) is 4.79 Å². The standard InChI is InChI=1S/C26H28O3/c1-14-11-15(2)20(16(3)12-14)21-22(27)25(4)19-13-18(17-9-7-6-8-10-17)24(29-19)26(25,5)23(21)28/h6-12,18-19,24,28H,13H2,1-5H3/t18?,19-,24+,25+,26+/m0/s1. The second-order valence-corrected chi connectivity index (χ2v) is 9.53. The lowest BCUT2D eigenvalue weighted by atomic mass is 9.55. The van der Waals surface area contributed by atoms with Crippen molar-refractivity contribution in [3.63, 3.8) is 0 Å². The Balaban J connectivity index is 1.69. The number of fused-ring (bicyclic) bond motifs is 5. The van der Waals surface area contributed by atoms with Crippen LogP contribution >= 0.6 is 0 Å². The van der Waals surface area contributed by atoms with E-state index >= 15 is 0 Å². The first-order valence-corrected chi connectivity index (χ1v) is 10.5. The Bertz CT molecular complexity index is 1040. The highest BCUT2D eigenvalue weighted by molar-refractivity contribution is 6.28. The fourth-order valence-electron chi connectivity index (χ4n) is 6.43. The zero-order valence-electron chi connectivity index (χ0n) is 17.7. The summed E-state index contributed by atoms with van der Waals surface area (Å²) in [5.41, 5.74) is 4.43. The molecule has 150 valence electrons. The number of aliphatic hydroxyl groups excluding tert-OH is 1. The molecule has 0 saturated carbocycles. The number of ketones is 1. The van der Waals surface area contributed by atoms with Gasteiger partial charge in [0, 0.05) is 5.92 Å². The Hall–Kier alpha value is -2.39. The molecule has 2 fully saturated rings. The van der Waals surface area contributed by atoms with Gasteiger partial charge in [0.2, 0.25) is 0 Å². The summed E-state index contributed by atoms with van der Waals surface area (Å²) >= 11 is 0. The molecule has 2 aliphatic heterocycles. The van der Waals surface area contributed by atoms with E-state index < -0.39 is 10.8 Å². The molecular weight excluding hydrogens is 360 g/mol. The van der Waals surface area contributed by atoms with E-state index in [0.717, 1.165) is 23.1 Å². The predicted molar refractivity (Wildman–Crippen MR) is 114 cm³/mol. The lowest BCUT2D eigenvalue weighted by Gasteiger charge is -2.43. The third-order valence-corrected chi connectivity index (χ3v) is 8.02. The van der Waals surface area contributed by atoms with Gasteiger partial charge in [-0.2, -0.15) is 0 Å². The zero-order chi connectivity index (χ0) is 20.7. The Morgan fingerprint density at radius 3 is 2.24 bits per heavy atom. The van der Waals surface area contributed by atoms with Crippen molar-refractivity contribution < 1.29 is 14.6 Å². The second kappa shape index (κ2) is 5.82. The normalized spacial score (nSPS) is 35.5. The van der Waals surface area contributed by atoms with Crippen LogP contribution in [0.3, 0.4) is 0 Å². The third-order valence-electron chi connectivity index (χ3n) is 8.02. The summed E-state index contributed by atoms with van der Waals surface area (Å²) in [5.74, 6) is 0.438. The molecule has 0 aromatic heterocycles. The van der Waals surface area contributed by atoms with Crippen LogP contribution in [-0.4, -0.2) is 23.1 Å². The maximum atomic E-state index is 13.8. The minimum Gasteiger partial charge on any atom is -0.511 e. The lowest BCUT2D eigenvalue weighted by Crippen LogP contribution is -2.50. The summed E-state index contributed by atoms with van der Waals surface area (Å²) in [6.45, 7) is 10.2. The molecule has 0 amide bonds. The van der Waals surface area contributed by atoms with Gasteiger partial charge in [-0.1, -0.05) is 48.0 Å². The van der Waals surface area contributed by atoms with E-state index in [9.17, 15) is 9.90 Å². The summed E-state index contributed by atoms with van der Waals surface area (Å²) in [4.78, 5) is 13.8. The van der Waals surface area contributed by atoms with E-state index in [-0.39, 0.29) is 29.7 Å². The predicted octanol–water partition coefficient (Wildman–Crippen LogP) is 5.43. The number of benzene rings is 2. The van der Waals surface area contributed by atoms with E-state index in [1.807, 2.05) is 45.9 Å². The molecule has 1 N–H and O–H groups in total. The smallest absolute Gasteiger partial charge is 0.176 e. The van der Waals surface area contributed by atoms with Gasteiger partial charge in [0.25, 0.3) is 0 Å². The Kier molecular flexibility index (Phi) is 3.74. The van der Waals surface area contributed by atoms with E-state index in [1.54, 1.807) is 0 Å². The third kappa shape index (κ3) is 2.09. The first-order chi connectivity index (χ1) is 13.7. The number of allylic oxidation sites excluding steroid dienone is 1. The SMILES string of the molecule is Cc1cc(C)c(C2=C(O)[C@]3(C)[C@@H]4O[C@@H](CC4c4ccccc4)[C@]3(C)C2=O)c(C)c1. The van der Waals surface area contributed by atoms with Crippen LogP contribution in [0.4, 0.5) is 0 Å². The maximum absolute atomic E-state index is 13.8. The molecule has 0 radical (unpaired) electrons. The van der Waals surface area contributed by atoms with Crippen LogP contribution in [0.15, 0.2) is 48.2 Å². The molecule has 3 aliphatic rings. The molecule has 2 heterocycles. The number of rotatable bonds is 2. The Labute approximate surface area is 172 Å². The van der Waals surface area contributed by atoms with Gasteiger partial charge in [-0.25, -0.2) is 0 Å². The molecule has 0 spiro atoms. The number of carbonyl (C=O) groups excluding carboxylic acids is 1. The molecule has 1 unspecified atom stereocenters. The quantitative estimate of drug-likeness (QED) is 0.746. The summed E-state index contributed by atoms with van der Waals surface area (Å²) in [6, 6.07) is 14.5. The highest BCUT2D eigenvalue weighted by Gasteiger charge is 2.76. The number of hydrogen-bond acceptors (Lipinski definition) is 3. The van der Waals surface area contributed by atoms with E-state index in [0.29, 0.717) is 5.57 Å². The molecule has 2 bridgehead atoms. The highest BCUT2D eigenvalue weighted by atomic mass is 16.5. The average Bonchev–Trinajstić information content (AvgIpc) is 3.27. The molecule has 3 nitrogen and oxygen atoms in total. The van der Waals surface area contributed by atoms with Crippen LogP contribution in [0, 0.1) is 31.6 Å². The van der Waals surface area contributed by atoms with Gasteiger partial charge < -0.3 is 9.84 Å². The van der Waals surface area contributed by atoms with Gasteiger partial charge in [0.15, 0.2) is 5.78 Å². The fourth-order valence-corrected chi connectivity index (χ4v) is 6.43. The Morgan fingerprint density at radius 2 is 1.62 bits per heavy atom. The van der Waals surface area contributed by atoms with Crippen molar-refractivity contribution in [2.75, 3.05) is 0 Å². The van der Waals surface area contributed by atoms with Crippen molar-refractivity contribution in [3.8, 4) is 0 Å². The van der Waals surface area contributed by atoms with Gasteiger partial charge in [-0.15, -0.1) is 0 Å². The van der Waals surface area contributed by atoms with Gasteiger partial charge in [0.05, 0.1) is 28.6 Å². The molecule has 3 heteroatoms. The number of aliphatic hydroxyl groups is 1. The Morgan fingerprint density at radius 1 is 1.00 bits per heavy atom. The minimum absolute atomic E-state index is 0.0339. The van der Waals surface area contributed by atoms with Crippen LogP contribution in [0.1, 0.15) is 54.0 Å². The second-order valence-electron chi connectivity index (χ2n) is 9.53. The van der Waals surface area contributed by atoms with Crippen molar-refractivity contribution in [2.45, 2.75) is 59.2 Å². The number of Topliss-reactive ketones (excluding diaryl/α,β-unsaturated/α-hetero) is 1. The van der Waals surface area contributed by atoms with Crippen molar-refractivity contribution in [1.29, 1.82) is 0 Å². The summed E-state index contributed by atoms with van der Waals surface area (Å²) in [5, 5.41) is 11.6. The summed E-state index contributed by atoms with van der Waals surface area (Å²) < 4.78 is 6.40. The minimum atomic E-state index is -0.730. The van der Waals surface area contributed by atoms with E-state index in [4.69, 9.17) is 4.74 Å². The zero-order valence-corrected chi connectivity index (χ0v) is 17.7. The van der Waals surface area contributed by atoms with Crippen LogP contribution < -0.4 is 0 Å². The monoisotopic (exact) mass is 388 g/mol. The molecule has 2 aromatic carbocycles. The number of hydrogen-bond donors (Lipinski definition) is 1. The van der Waals surface area contributed by atoms with Crippen molar-refractivity contribution in [3.05, 3.63) is 76.0 Å². The van der Waals surface area contributed by atoms with Crippen LogP contribution in [0.2, 0.25) is 0 Å². The van der Waals surface area contributed by atoms with Crippen LogP contribution in [0.5, 0.6) is 0 Å². The van der Waals surface area contributed by atoms with Gasteiger partial charge in [0.1, 0.15) is 5.76 Å². The van der Waals surface area contributed by atoms with E-state index in [2.05, 4.69) is 31.2 Å². The topological polar surface area (TPSA) is 46.5 Å². The molecule has 1 aliphatic carbocycles. The lowest BCUT2D eigenvalue weighted by molar-refractivity contribution is -0.127. The van der Waals surface area contributed by atoms with Crippen molar-refractivity contribution >= 4 is 11.4 Å². The maximum Gasteiger partial charge on any atom is 0.176 e. The molecule has 5 atom stereocenters. The van der Waals surface area contributed by atoms with Gasteiger partial charge in [-0.05, 0) is 63.3 Å². The molecule has 2 saturated heterocycles. The van der Waals surface area contributed by atoms with Crippen molar-refractivity contribution in [1.82, 2.24) is 0 Å². The first kappa shape index (κ1) is 18.6. The number of carbonyl (C=O) groups is 1. The fraction of sp³-hybridized carbons (Fsp3) is 0.423. The number of aryl methyl sites for hydroxylation is 3. The number of ether oxygens (including phenoxy) is 1. The average molecular weight is 389 g/mol. The molecule has 5 rings (SSSR count).